The number of amides is 1. The molecule has 0 N–H and O–H groups in total. The van der Waals surface area contributed by atoms with Crippen molar-refractivity contribution in [2.24, 2.45) is 0 Å². The zero-order valence-electron chi connectivity index (χ0n) is 13.8. The zero-order valence-corrected chi connectivity index (χ0v) is 14.7. The number of hydrogen-bond acceptors (Lipinski definition) is 5. The summed E-state index contributed by atoms with van der Waals surface area (Å²) < 4.78 is 1.56. The second kappa shape index (κ2) is 6.41. The summed E-state index contributed by atoms with van der Waals surface area (Å²) >= 11 is 1.54. The molecule has 0 atom stereocenters. The molecule has 0 spiro atoms. The standard InChI is InChI=1S/C16H22N4O2S/c1-11-12(2)23-15-14(11)16(22)20(10-17-15)5-4-13(21)19-8-6-18(3)7-9-19/h10H,4-9H2,1-3H3. The summed E-state index contributed by atoms with van der Waals surface area (Å²) in [4.78, 5) is 35.3. The van der Waals surface area contributed by atoms with Crippen molar-refractivity contribution in [1.82, 2.24) is 19.4 Å². The van der Waals surface area contributed by atoms with Crippen LogP contribution in [-0.4, -0.2) is 58.5 Å². The molecule has 1 amide bonds. The highest BCUT2D eigenvalue weighted by molar-refractivity contribution is 7.18. The van der Waals surface area contributed by atoms with Crippen LogP contribution in [-0.2, 0) is 11.3 Å². The molecule has 1 fully saturated rings. The highest BCUT2D eigenvalue weighted by Crippen LogP contribution is 2.25. The van der Waals surface area contributed by atoms with Crippen LogP contribution in [0.4, 0.5) is 0 Å². The fourth-order valence-corrected chi connectivity index (χ4v) is 3.85. The largest absolute Gasteiger partial charge is 0.340 e. The van der Waals surface area contributed by atoms with E-state index in [1.165, 1.54) is 0 Å². The number of likely N-dealkylation sites (N-methyl/N-ethyl adjacent to an activating group) is 1. The van der Waals surface area contributed by atoms with Crippen LogP contribution in [0.3, 0.4) is 0 Å². The first kappa shape index (κ1) is 16.1. The van der Waals surface area contributed by atoms with Crippen molar-refractivity contribution < 1.29 is 4.79 Å². The Morgan fingerprint density at radius 3 is 2.65 bits per heavy atom. The minimum Gasteiger partial charge on any atom is -0.340 e. The number of carbonyl (C=O) groups is 1. The Bertz CT molecular complexity index is 787. The zero-order chi connectivity index (χ0) is 16.6. The molecule has 0 unspecified atom stereocenters. The van der Waals surface area contributed by atoms with E-state index in [1.807, 2.05) is 18.7 Å². The van der Waals surface area contributed by atoms with Gasteiger partial charge in [0.2, 0.25) is 5.91 Å². The van der Waals surface area contributed by atoms with Crippen LogP contribution >= 0.6 is 11.3 Å². The van der Waals surface area contributed by atoms with Crippen molar-refractivity contribution in [3.63, 3.8) is 0 Å². The smallest absolute Gasteiger partial charge is 0.262 e. The maximum atomic E-state index is 12.6. The molecule has 7 heteroatoms. The number of rotatable bonds is 3. The van der Waals surface area contributed by atoms with Crippen LogP contribution in [0.25, 0.3) is 10.2 Å². The predicted octanol–water partition coefficient (Wildman–Crippen LogP) is 1.24. The first-order chi connectivity index (χ1) is 11.0. The lowest BCUT2D eigenvalue weighted by atomic mass is 10.2. The number of hydrogen-bond donors (Lipinski definition) is 0. The Morgan fingerprint density at radius 2 is 1.96 bits per heavy atom. The summed E-state index contributed by atoms with van der Waals surface area (Å²) in [5, 5.41) is 0.696. The number of piperazine rings is 1. The van der Waals surface area contributed by atoms with Crippen LogP contribution in [0.1, 0.15) is 16.9 Å². The summed E-state index contributed by atoms with van der Waals surface area (Å²) in [5.74, 6) is 0.114. The second-order valence-electron chi connectivity index (χ2n) is 6.14. The lowest BCUT2D eigenvalue weighted by Crippen LogP contribution is -2.47. The molecule has 0 aromatic carbocycles. The van der Waals surface area contributed by atoms with E-state index in [2.05, 4.69) is 16.9 Å². The van der Waals surface area contributed by atoms with Gasteiger partial charge in [-0.1, -0.05) is 0 Å². The van der Waals surface area contributed by atoms with Crippen molar-refractivity contribution in [2.45, 2.75) is 26.8 Å². The third-order valence-electron chi connectivity index (χ3n) is 4.58. The van der Waals surface area contributed by atoms with Gasteiger partial charge >= 0.3 is 0 Å². The second-order valence-corrected chi connectivity index (χ2v) is 7.34. The van der Waals surface area contributed by atoms with E-state index in [9.17, 15) is 9.59 Å². The molecular formula is C16H22N4O2S. The topological polar surface area (TPSA) is 58.4 Å². The van der Waals surface area contributed by atoms with Crippen molar-refractivity contribution in [3.8, 4) is 0 Å². The third-order valence-corrected chi connectivity index (χ3v) is 5.69. The summed E-state index contributed by atoms with van der Waals surface area (Å²) in [6, 6.07) is 0. The Morgan fingerprint density at radius 1 is 1.26 bits per heavy atom. The summed E-state index contributed by atoms with van der Waals surface area (Å²) in [7, 11) is 2.06. The van der Waals surface area contributed by atoms with Gasteiger partial charge in [0.1, 0.15) is 4.83 Å². The van der Waals surface area contributed by atoms with Crippen LogP contribution in [0.5, 0.6) is 0 Å². The quantitative estimate of drug-likeness (QED) is 0.847. The Hall–Kier alpha value is -1.73. The van der Waals surface area contributed by atoms with Crippen molar-refractivity contribution in [3.05, 3.63) is 27.1 Å². The first-order valence-electron chi connectivity index (χ1n) is 7.89. The molecule has 1 aliphatic rings. The van der Waals surface area contributed by atoms with Crippen LogP contribution < -0.4 is 5.56 Å². The Labute approximate surface area is 139 Å². The molecule has 0 radical (unpaired) electrons. The number of nitrogens with zero attached hydrogens (tertiary/aromatic N) is 4. The molecular weight excluding hydrogens is 312 g/mol. The minimum absolute atomic E-state index is 0.0389. The number of aryl methyl sites for hydroxylation is 3. The highest BCUT2D eigenvalue weighted by atomic mass is 32.1. The van der Waals surface area contributed by atoms with Crippen molar-refractivity contribution in [1.29, 1.82) is 0 Å². The van der Waals surface area contributed by atoms with Gasteiger partial charge in [0.25, 0.3) is 5.56 Å². The van der Waals surface area contributed by atoms with Crippen LogP contribution in [0, 0.1) is 13.8 Å². The van der Waals surface area contributed by atoms with Crippen molar-refractivity contribution in [2.75, 3.05) is 33.2 Å². The molecule has 2 aromatic heterocycles. The number of thiophene rings is 1. The Balaban J connectivity index is 1.72. The van der Waals surface area contributed by atoms with E-state index in [0.29, 0.717) is 18.4 Å². The highest BCUT2D eigenvalue weighted by Gasteiger charge is 2.19. The van der Waals surface area contributed by atoms with Crippen LogP contribution in [0.15, 0.2) is 11.1 Å². The predicted molar refractivity (Wildman–Crippen MR) is 92.0 cm³/mol. The molecule has 124 valence electrons. The molecule has 6 nitrogen and oxygen atoms in total. The first-order valence-corrected chi connectivity index (χ1v) is 8.70. The van der Waals surface area contributed by atoms with Gasteiger partial charge in [-0.15, -0.1) is 11.3 Å². The fourth-order valence-electron chi connectivity index (χ4n) is 2.86. The van der Waals surface area contributed by atoms with Gasteiger partial charge in [0, 0.05) is 44.0 Å². The maximum Gasteiger partial charge on any atom is 0.262 e. The molecule has 1 aliphatic heterocycles. The van der Waals surface area contributed by atoms with E-state index in [4.69, 9.17) is 0 Å². The lowest BCUT2D eigenvalue weighted by molar-refractivity contribution is -0.133. The average molecular weight is 334 g/mol. The van der Waals surface area contributed by atoms with Gasteiger partial charge in [-0.05, 0) is 26.5 Å². The van der Waals surface area contributed by atoms with Gasteiger partial charge < -0.3 is 9.80 Å². The average Bonchev–Trinajstić information content (AvgIpc) is 2.82. The lowest BCUT2D eigenvalue weighted by Gasteiger charge is -2.32. The maximum absolute atomic E-state index is 12.6. The SMILES string of the molecule is Cc1sc2ncn(CCC(=O)N3CCN(C)CC3)c(=O)c2c1C. The van der Waals surface area contributed by atoms with Gasteiger partial charge in [0.05, 0.1) is 11.7 Å². The van der Waals surface area contributed by atoms with Gasteiger partial charge in [-0.2, -0.15) is 0 Å². The number of aromatic nitrogens is 2. The molecule has 3 heterocycles. The van der Waals surface area contributed by atoms with E-state index in [0.717, 1.165) is 41.5 Å². The molecule has 0 bridgehead atoms. The van der Waals surface area contributed by atoms with Crippen LogP contribution in [0.2, 0.25) is 0 Å². The van der Waals surface area contributed by atoms with E-state index < -0.39 is 0 Å². The Kier molecular flexibility index (Phi) is 4.50. The van der Waals surface area contributed by atoms with Gasteiger partial charge in [-0.25, -0.2) is 4.98 Å². The van der Waals surface area contributed by atoms with Gasteiger partial charge in [0.15, 0.2) is 0 Å². The molecule has 0 aliphatic carbocycles. The van der Waals surface area contributed by atoms with E-state index in [1.54, 1.807) is 22.2 Å². The summed E-state index contributed by atoms with van der Waals surface area (Å²) in [6.45, 7) is 7.70. The monoisotopic (exact) mass is 334 g/mol. The van der Waals surface area contributed by atoms with E-state index in [-0.39, 0.29) is 11.5 Å². The summed E-state index contributed by atoms with van der Waals surface area (Å²) in [6.07, 6.45) is 1.91. The minimum atomic E-state index is -0.0389. The summed E-state index contributed by atoms with van der Waals surface area (Å²) in [5.41, 5.74) is 0.963. The molecule has 2 aromatic rings. The molecule has 0 saturated carbocycles. The third kappa shape index (κ3) is 3.16. The number of carbonyl (C=O) groups excluding carboxylic acids is 1. The number of fused-ring (bicyclic) bond motifs is 1. The molecule has 23 heavy (non-hydrogen) atoms. The van der Waals surface area contributed by atoms with Crippen molar-refractivity contribution >= 4 is 27.5 Å². The fraction of sp³-hybridized carbons (Fsp3) is 0.562. The van der Waals surface area contributed by atoms with E-state index >= 15 is 0 Å². The van der Waals surface area contributed by atoms with Gasteiger partial charge in [-0.3, -0.25) is 14.2 Å². The normalized spacial score (nSPS) is 16.2. The molecule has 1 saturated heterocycles. The molecule has 3 rings (SSSR count).